The van der Waals surface area contributed by atoms with E-state index >= 15 is 0 Å². The number of piperidine rings is 1. The summed E-state index contributed by atoms with van der Waals surface area (Å²) in [4.78, 5) is 35.1. The Morgan fingerprint density at radius 3 is 2.72 bits per heavy atom. The standard InChI is InChI=1S/C18H22N4O3/c1-12-10-13(2)20-18(19-12)25-14-6-4-9-22(11-14)17(24)15-7-5-8-21(3)16(15)23/h5,7-8,10,14H,4,6,9,11H2,1-3H3. The summed E-state index contributed by atoms with van der Waals surface area (Å²) >= 11 is 0. The molecule has 7 heteroatoms. The van der Waals surface area contributed by atoms with E-state index in [2.05, 4.69) is 9.97 Å². The highest BCUT2D eigenvalue weighted by atomic mass is 16.5. The van der Waals surface area contributed by atoms with Crippen LogP contribution in [0.5, 0.6) is 6.01 Å². The van der Waals surface area contributed by atoms with Crippen molar-refractivity contribution in [3.05, 3.63) is 51.7 Å². The minimum absolute atomic E-state index is 0.175. The lowest BCUT2D eigenvalue weighted by Gasteiger charge is -2.32. The van der Waals surface area contributed by atoms with Crippen LogP contribution in [0.2, 0.25) is 0 Å². The quantitative estimate of drug-likeness (QED) is 0.844. The normalized spacial score (nSPS) is 17.4. The maximum absolute atomic E-state index is 12.7. The van der Waals surface area contributed by atoms with Gasteiger partial charge in [0.1, 0.15) is 11.7 Å². The molecule has 2 aromatic heterocycles. The van der Waals surface area contributed by atoms with Crippen molar-refractivity contribution in [1.29, 1.82) is 0 Å². The molecule has 25 heavy (non-hydrogen) atoms. The second-order valence-electron chi connectivity index (χ2n) is 6.40. The first-order valence-electron chi connectivity index (χ1n) is 8.38. The number of ether oxygens (including phenoxy) is 1. The molecule has 1 saturated heterocycles. The number of carbonyl (C=O) groups is 1. The van der Waals surface area contributed by atoms with Crippen LogP contribution in [0.25, 0.3) is 0 Å². The van der Waals surface area contributed by atoms with Crippen molar-refractivity contribution in [3.8, 4) is 6.01 Å². The molecule has 1 atom stereocenters. The molecule has 0 aliphatic carbocycles. The SMILES string of the molecule is Cc1cc(C)nc(OC2CCCN(C(=O)c3cccn(C)c3=O)C2)n1. The lowest BCUT2D eigenvalue weighted by atomic mass is 10.1. The third kappa shape index (κ3) is 3.87. The van der Waals surface area contributed by atoms with Crippen LogP contribution in [0.15, 0.2) is 29.2 Å². The lowest BCUT2D eigenvalue weighted by Crippen LogP contribution is -2.46. The van der Waals surface area contributed by atoms with E-state index in [-0.39, 0.29) is 23.1 Å². The monoisotopic (exact) mass is 342 g/mol. The van der Waals surface area contributed by atoms with Gasteiger partial charge in [0, 0.05) is 31.2 Å². The predicted octanol–water partition coefficient (Wildman–Crippen LogP) is 1.48. The molecule has 1 amide bonds. The summed E-state index contributed by atoms with van der Waals surface area (Å²) in [6.07, 6.45) is 3.10. The van der Waals surface area contributed by atoms with E-state index in [4.69, 9.17) is 4.74 Å². The molecule has 0 spiro atoms. The van der Waals surface area contributed by atoms with Crippen LogP contribution >= 0.6 is 0 Å². The zero-order chi connectivity index (χ0) is 18.0. The molecule has 1 aliphatic heterocycles. The van der Waals surface area contributed by atoms with E-state index in [1.165, 1.54) is 4.57 Å². The Bertz CT molecular complexity index is 826. The Kier molecular flexibility index (Phi) is 4.83. The fourth-order valence-corrected chi connectivity index (χ4v) is 3.04. The zero-order valence-corrected chi connectivity index (χ0v) is 14.7. The lowest BCUT2D eigenvalue weighted by molar-refractivity contribution is 0.0513. The second-order valence-corrected chi connectivity index (χ2v) is 6.40. The number of nitrogens with zero attached hydrogens (tertiary/aromatic N) is 4. The molecule has 1 fully saturated rings. The van der Waals surface area contributed by atoms with Gasteiger partial charge in [-0.25, -0.2) is 9.97 Å². The van der Waals surface area contributed by atoms with Crippen LogP contribution in [0.3, 0.4) is 0 Å². The highest BCUT2D eigenvalue weighted by Gasteiger charge is 2.27. The maximum atomic E-state index is 12.7. The summed E-state index contributed by atoms with van der Waals surface area (Å²) in [5.74, 6) is -0.254. The molecule has 0 aromatic carbocycles. The molecule has 2 aromatic rings. The molecule has 0 saturated carbocycles. The number of amides is 1. The zero-order valence-electron chi connectivity index (χ0n) is 14.7. The Morgan fingerprint density at radius 1 is 1.28 bits per heavy atom. The number of likely N-dealkylation sites (tertiary alicyclic amines) is 1. The fourth-order valence-electron chi connectivity index (χ4n) is 3.04. The summed E-state index contributed by atoms with van der Waals surface area (Å²) < 4.78 is 7.30. The van der Waals surface area contributed by atoms with E-state index in [1.54, 1.807) is 30.3 Å². The van der Waals surface area contributed by atoms with E-state index < -0.39 is 0 Å². The first-order valence-corrected chi connectivity index (χ1v) is 8.38. The third-order valence-electron chi connectivity index (χ3n) is 4.25. The average molecular weight is 342 g/mol. The Hall–Kier alpha value is -2.70. The number of hydrogen-bond acceptors (Lipinski definition) is 5. The summed E-state index contributed by atoms with van der Waals surface area (Å²) in [7, 11) is 1.64. The molecule has 0 N–H and O–H groups in total. The van der Waals surface area contributed by atoms with Crippen molar-refractivity contribution in [1.82, 2.24) is 19.4 Å². The fraction of sp³-hybridized carbons (Fsp3) is 0.444. The minimum atomic E-state index is -0.284. The Labute approximate surface area is 146 Å². The summed E-state index contributed by atoms with van der Waals surface area (Å²) in [5, 5.41) is 0. The van der Waals surface area contributed by atoms with Crippen molar-refractivity contribution in [3.63, 3.8) is 0 Å². The van der Waals surface area contributed by atoms with Gasteiger partial charge in [0.2, 0.25) is 0 Å². The van der Waals surface area contributed by atoms with Crippen LogP contribution in [-0.2, 0) is 7.05 Å². The molecule has 7 nitrogen and oxygen atoms in total. The van der Waals surface area contributed by atoms with Crippen LogP contribution in [0.1, 0.15) is 34.6 Å². The number of rotatable bonds is 3. The average Bonchev–Trinajstić information content (AvgIpc) is 2.56. The Balaban J connectivity index is 1.73. The number of aromatic nitrogens is 3. The van der Waals surface area contributed by atoms with Gasteiger partial charge in [-0.05, 0) is 44.9 Å². The summed E-state index contributed by atoms with van der Waals surface area (Å²) in [6, 6.07) is 5.50. The third-order valence-corrected chi connectivity index (χ3v) is 4.25. The summed E-state index contributed by atoms with van der Waals surface area (Å²) in [6.45, 7) is 4.82. The number of aryl methyl sites for hydroxylation is 3. The number of pyridine rings is 1. The molecule has 0 bridgehead atoms. The van der Waals surface area contributed by atoms with Crippen LogP contribution in [-0.4, -0.2) is 44.5 Å². The van der Waals surface area contributed by atoms with Gasteiger partial charge in [0.05, 0.1) is 6.54 Å². The molecule has 3 heterocycles. The topological polar surface area (TPSA) is 77.3 Å². The van der Waals surface area contributed by atoms with Gasteiger partial charge in [-0.3, -0.25) is 9.59 Å². The highest BCUT2D eigenvalue weighted by molar-refractivity contribution is 5.93. The van der Waals surface area contributed by atoms with Crippen LogP contribution in [0, 0.1) is 13.8 Å². The van der Waals surface area contributed by atoms with E-state index in [9.17, 15) is 9.59 Å². The van der Waals surface area contributed by atoms with Gasteiger partial charge in [-0.15, -0.1) is 0 Å². The van der Waals surface area contributed by atoms with Gasteiger partial charge < -0.3 is 14.2 Å². The van der Waals surface area contributed by atoms with Gasteiger partial charge in [-0.1, -0.05) is 0 Å². The first kappa shape index (κ1) is 17.1. The van der Waals surface area contributed by atoms with Crippen LogP contribution < -0.4 is 10.3 Å². The number of carbonyl (C=O) groups excluding carboxylic acids is 1. The largest absolute Gasteiger partial charge is 0.458 e. The second kappa shape index (κ2) is 7.04. The maximum Gasteiger partial charge on any atom is 0.317 e. The molecule has 1 unspecified atom stereocenters. The summed E-state index contributed by atoms with van der Waals surface area (Å²) in [5.41, 5.74) is 1.60. The van der Waals surface area contributed by atoms with Crippen molar-refractivity contribution < 1.29 is 9.53 Å². The first-order chi connectivity index (χ1) is 11.9. The van der Waals surface area contributed by atoms with Crippen molar-refractivity contribution >= 4 is 5.91 Å². The van der Waals surface area contributed by atoms with Gasteiger partial charge in [0.15, 0.2) is 0 Å². The van der Waals surface area contributed by atoms with Crippen molar-refractivity contribution in [2.75, 3.05) is 13.1 Å². The smallest absolute Gasteiger partial charge is 0.317 e. The van der Waals surface area contributed by atoms with Gasteiger partial charge in [-0.2, -0.15) is 0 Å². The number of hydrogen-bond donors (Lipinski definition) is 0. The molecule has 132 valence electrons. The van der Waals surface area contributed by atoms with Crippen molar-refractivity contribution in [2.24, 2.45) is 7.05 Å². The van der Waals surface area contributed by atoms with E-state index in [1.807, 2.05) is 19.9 Å². The highest BCUT2D eigenvalue weighted by Crippen LogP contribution is 2.17. The predicted molar refractivity (Wildman–Crippen MR) is 92.7 cm³/mol. The molecule has 1 aliphatic rings. The Morgan fingerprint density at radius 2 is 2.00 bits per heavy atom. The van der Waals surface area contributed by atoms with E-state index in [0.717, 1.165) is 24.2 Å². The molecular weight excluding hydrogens is 320 g/mol. The van der Waals surface area contributed by atoms with E-state index in [0.29, 0.717) is 19.1 Å². The minimum Gasteiger partial charge on any atom is -0.458 e. The van der Waals surface area contributed by atoms with Crippen LogP contribution in [0.4, 0.5) is 0 Å². The van der Waals surface area contributed by atoms with Gasteiger partial charge >= 0.3 is 6.01 Å². The van der Waals surface area contributed by atoms with Crippen molar-refractivity contribution in [2.45, 2.75) is 32.8 Å². The molecule has 3 rings (SSSR count). The van der Waals surface area contributed by atoms with Gasteiger partial charge in [0.25, 0.3) is 11.5 Å². The molecule has 0 radical (unpaired) electrons. The molecular formula is C18H22N4O3.